The molecule has 0 unspecified atom stereocenters. The zero-order chi connectivity index (χ0) is 16.6. The maximum atomic E-state index is 13.2. The number of carbonyl (C=O) groups excluding carboxylic acids is 1. The Hall–Kier alpha value is -2.82. The Morgan fingerprint density at radius 2 is 1.87 bits per heavy atom. The average molecular weight is 312 g/mol. The molecular formula is C18H17FN2O2. The van der Waals surface area contributed by atoms with E-state index in [0.29, 0.717) is 12.1 Å². The van der Waals surface area contributed by atoms with Gasteiger partial charge in [0.25, 0.3) is 5.91 Å². The third-order valence-corrected chi connectivity index (χ3v) is 4.06. The van der Waals surface area contributed by atoms with E-state index in [1.807, 2.05) is 30.5 Å². The molecule has 5 heteroatoms. The van der Waals surface area contributed by atoms with Crippen LogP contribution < -0.4 is 5.73 Å². The molecule has 2 aromatic heterocycles. The molecule has 0 saturated carbocycles. The van der Waals surface area contributed by atoms with E-state index in [1.165, 1.54) is 12.1 Å². The number of nitrogens with zero attached hydrogens (tertiary/aromatic N) is 1. The van der Waals surface area contributed by atoms with Gasteiger partial charge in [-0.25, -0.2) is 4.39 Å². The first-order chi connectivity index (χ1) is 11.0. The molecule has 0 spiro atoms. The number of aromatic nitrogens is 1. The van der Waals surface area contributed by atoms with Crippen LogP contribution in [0.25, 0.3) is 11.1 Å². The number of amides is 1. The molecule has 0 aliphatic heterocycles. The van der Waals surface area contributed by atoms with Crippen molar-refractivity contribution >= 4 is 5.91 Å². The number of benzene rings is 1. The van der Waals surface area contributed by atoms with Crippen LogP contribution in [-0.2, 0) is 6.54 Å². The quantitative estimate of drug-likeness (QED) is 0.799. The van der Waals surface area contributed by atoms with Crippen LogP contribution in [0.1, 0.15) is 27.5 Å². The second kappa shape index (κ2) is 5.76. The molecule has 0 saturated heterocycles. The van der Waals surface area contributed by atoms with E-state index in [2.05, 4.69) is 0 Å². The molecule has 0 radical (unpaired) electrons. The van der Waals surface area contributed by atoms with Crippen LogP contribution in [0.2, 0.25) is 0 Å². The van der Waals surface area contributed by atoms with Gasteiger partial charge in [0.2, 0.25) is 0 Å². The van der Waals surface area contributed by atoms with Gasteiger partial charge >= 0.3 is 0 Å². The van der Waals surface area contributed by atoms with Crippen molar-refractivity contribution in [2.24, 2.45) is 5.73 Å². The summed E-state index contributed by atoms with van der Waals surface area (Å²) >= 11 is 0. The van der Waals surface area contributed by atoms with E-state index in [-0.39, 0.29) is 5.82 Å². The Balaban J connectivity index is 2.18. The van der Waals surface area contributed by atoms with Gasteiger partial charge in [-0.2, -0.15) is 0 Å². The summed E-state index contributed by atoms with van der Waals surface area (Å²) in [7, 11) is 0. The van der Waals surface area contributed by atoms with Crippen molar-refractivity contribution in [1.29, 1.82) is 0 Å². The SMILES string of the molecule is Cc1c(C(N)=O)c(-c2ccc(F)cc2)c(C)n1Cc1ccco1. The highest BCUT2D eigenvalue weighted by Gasteiger charge is 2.23. The summed E-state index contributed by atoms with van der Waals surface area (Å²) in [5.74, 6) is -0.0326. The summed E-state index contributed by atoms with van der Waals surface area (Å²) in [6, 6.07) is 9.75. The van der Waals surface area contributed by atoms with Gasteiger partial charge in [-0.15, -0.1) is 0 Å². The molecule has 4 nitrogen and oxygen atoms in total. The van der Waals surface area contributed by atoms with Gasteiger partial charge in [0.1, 0.15) is 11.6 Å². The second-order valence-electron chi connectivity index (χ2n) is 5.46. The molecule has 0 atom stereocenters. The van der Waals surface area contributed by atoms with Gasteiger partial charge in [0.05, 0.1) is 18.4 Å². The van der Waals surface area contributed by atoms with Crippen molar-refractivity contribution in [1.82, 2.24) is 4.57 Å². The Morgan fingerprint density at radius 1 is 1.17 bits per heavy atom. The molecule has 3 aromatic rings. The number of rotatable bonds is 4. The van der Waals surface area contributed by atoms with Crippen LogP contribution in [0.4, 0.5) is 4.39 Å². The van der Waals surface area contributed by atoms with Crippen LogP contribution in [0.5, 0.6) is 0 Å². The first kappa shape index (κ1) is 15.1. The number of hydrogen-bond acceptors (Lipinski definition) is 2. The van der Waals surface area contributed by atoms with Crippen molar-refractivity contribution in [2.45, 2.75) is 20.4 Å². The van der Waals surface area contributed by atoms with Gasteiger partial charge < -0.3 is 14.7 Å². The standard InChI is InChI=1S/C18H17FN2O2/c1-11-16(13-5-7-14(19)8-6-13)17(18(20)22)12(2)21(11)10-15-4-3-9-23-15/h3-9H,10H2,1-2H3,(H2,20,22). The number of halogens is 1. The first-order valence-electron chi connectivity index (χ1n) is 7.27. The zero-order valence-electron chi connectivity index (χ0n) is 13.0. The van der Waals surface area contributed by atoms with Crippen LogP contribution >= 0.6 is 0 Å². The third-order valence-electron chi connectivity index (χ3n) is 4.06. The largest absolute Gasteiger partial charge is 0.467 e. The van der Waals surface area contributed by atoms with Crippen molar-refractivity contribution < 1.29 is 13.6 Å². The van der Waals surface area contributed by atoms with Crippen molar-refractivity contribution in [2.75, 3.05) is 0 Å². The summed E-state index contributed by atoms with van der Waals surface area (Å²) in [6.07, 6.45) is 1.61. The number of furan rings is 1. The summed E-state index contributed by atoms with van der Waals surface area (Å²) in [4.78, 5) is 12.0. The van der Waals surface area contributed by atoms with Gasteiger partial charge in [-0.1, -0.05) is 12.1 Å². The van der Waals surface area contributed by atoms with Gasteiger partial charge in [-0.3, -0.25) is 4.79 Å². The van der Waals surface area contributed by atoms with Crippen LogP contribution in [0, 0.1) is 19.7 Å². The van der Waals surface area contributed by atoms with E-state index >= 15 is 0 Å². The minimum Gasteiger partial charge on any atom is -0.467 e. The fourth-order valence-electron chi connectivity index (χ4n) is 2.95. The molecule has 1 aromatic carbocycles. The summed E-state index contributed by atoms with van der Waals surface area (Å²) in [5.41, 5.74) is 9.21. The predicted octanol–water partition coefficient (Wildman–Crippen LogP) is 3.65. The van der Waals surface area contributed by atoms with E-state index < -0.39 is 5.91 Å². The molecule has 3 rings (SSSR count). The smallest absolute Gasteiger partial charge is 0.251 e. The lowest BCUT2D eigenvalue weighted by Gasteiger charge is -2.08. The molecule has 118 valence electrons. The minimum absolute atomic E-state index is 0.321. The fraction of sp³-hybridized carbons (Fsp3) is 0.167. The van der Waals surface area contributed by atoms with Gasteiger partial charge in [0, 0.05) is 17.0 Å². The molecule has 0 aliphatic carbocycles. The first-order valence-corrected chi connectivity index (χ1v) is 7.27. The number of hydrogen-bond donors (Lipinski definition) is 1. The number of carbonyl (C=O) groups is 1. The average Bonchev–Trinajstić information content (AvgIpc) is 3.10. The lowest BCUT2D eigenvalue weighted by Crippen LogP contribution is -2.13. The summed E-state index contributed by atoms with van der Waals surface area (Å²) in [5, 5.41) is 0. The Labute approximate surface area is 133 Å². The maximum absolute atomic E-state index is 13.2. The van der Waals surface area contributed by atoms with Crippen LogP contribution in [-0.4, -0.2) is 10.5 Å². The molecule has 23 heavy (non-hydrogen) atoms. The Bertz CT molecular complexity index is 846. The molecule has 0 fully saturated rings. The normalized spacial score (nSPS) is 10.9. The zero-order valence-corrected chi connectivity index (χ0v) is 13.0. The number of primary amides is 1. The second-order valence-corrected chi connectivity index (χ2v) is 5.46. The lowest BCUT2D eigenvalue weighted by molar-refractivity contribution is 0.1000. The highest BCUT2D eigenvalue weighted by atomic mass is 19.1. The Kier molecular flexibility index (Phi) is 3.78. The summed E-state index contributed by atoms with van der Waals surface area (Å²) in [6.45, 7) is 4.27. The monoisotopic (exact) mass is 312 g/mol. The summed E-state index contributed by atoms with van der Waals surface area (Å²) < 4.78 is 20.6. The molecular weight excluding hydrogens is 295 g/mol. The van der Waals surface area contributed by atoms with Crippen LogP contribution in [0.3, 0.4) is 0 Å². The molecule has 0 aliphatic rings. The number of nitrogens with two attached hydrogens (primary N) is 1. The van der Waals surface area contributed by atoms with Gasteiger partial charge in [0.15, 0.2) is 0 Å². The Morgan fingerprint density at radius 3 is 2.43 bits per heavy atom. The third kappa shape index (κ3) is 2.65. The highest BCUT2D eigenvalue weighted by Crippen LogP contribution is 2.32. The van der Waals surface area contributed by atoms with Crippen molar-refractivity contribution in [3.05, 3.63) is 71.2 Å². The van der Waals surface area contributed by atoms with Gasteiger partial charge in [-0.05, 0) is 43.7 Å². The van der Waals surface area contributed by atoms with Crippen molar-refractivity contribution in [3.63, 3.8) is 0 Å². The molecule has 2 heterocycles. The minimum atomic E-state index is -0.497. The van der Waals surface area contributed by atoms with E-state index in [1.54, 1.807) is 18.4 Å². The van der Waals surface area contributed by atoms with Crippen LogP contribution in [0.15, 0.2) is 47.1 Å². The highest BCUT2D eigenvalue weighted by molar-refractivity contribution is 6.02. The topological polar surface area (TPSA) is 61.2 Å². The maximum Gasteiger partial charge on any atom is 0.251 e. The molecule has 2 N–H and O–H groups in total. The lowest BCUT2D eigenvalue weighted by atomic mass is 10.00. The van der Waals surface area contributed by atoms with E-state index in [0.717, 1.165) is 28.3 Å². The fourth-order valence-corrected chi connectivity index (χ4v) is 2.95. The van der Waals surface area contributed by atoms with E-state index in [4.69, 9.17) is 10.2 Å². The molecule has 0 bridgehead atoms. The van der Waals surface area contributed by atoms with E-state index in [9.17, 15) is 9.18 Å². The predicted molar refractivity (Wildman–Crippen MR) is 85.6 cm³/mol. The molecule has 1 amide bonds. The van der Waals surface area contributed by atoms with Crippen molar-refractivity contribution in [3.8, 4) is 11.1 Å².